The second kappa shape index (κ2) is 5.82. The zero-order chi connectivity index (χ0) is 13.9. The fraction of sp³-hybridized carbons (Fsp3) is 0.909. The molecule has 6 heteroatoms. The van der Waals surface area contributed by atoms with Crippen LogP contribution in [0.4, 0.5) is 0 Å². The lowest BCUT2D eigenvalue weighted by Crippen LogP contribution is -2.47. The Balaban J connectivity index is 4.64. The smallest absolute Gasteiger partial charge is 0.317 e. The maximum absolute atomic E-state index is 11.7. The molecule has 1 N–H and O–H groups in total. The molecular weight excluding hydrogens is 242 g/mol. The SMILES string of the molecule is CC(C)S(=O)(=O)CCN(CC(=O)O)C(C)(C)C. The van der Waals surface area contributed by atoms with E-state index in [0.717, 1.165) is 0 Å². The lowest BCUT2D eigenvalue weighted by molar-refractivity contribution is -0.139. The number of nitrogens with zero attached hydrogens (tertiary/aromatic N) is 1. The van der Waals surface area contributed by atoms with E-state index in [1.54, 1.807) is 18.7 Å². The highest BCUT2D eigenvalue weighted by molar-refractivity contribution is 7.92. The lowest BCUT2D eigenvalue weighted by atomic mass is 10.1. The summed E-state index contributed by atoms with van der Waals surface area (Å²) in [6, 6.07) is 0. The van der Waals surface area contributed by atoms with Crippen molar-refractivity contribution in [3.8, 4) is 0 Å². The Labute approximate surface area is 104 Å². The maximum Gasteiger partial charge on any atom is 0.317 e. The van der Waals surface area contributed by atoms with Gasteiger partial charge in [0, 0.05) is 12.1 Å². The average molecular weight is 265 g/mol. The van der Waals surface area contributed by atoms with E-state index in [2.05, 4.69) is 0 Å². The number of hydrogen-bond acceptors (Lipinski definition) is 4. The Morgan fingerprint density at radius 1 is 1.29 bits per heavy atom. The minimum atomic E-state index is -3.12. The number of carbonyl (C=O) groups is 1. The summed E-state index contributed by atoms with van der Waals surface area (Å²) >= 11 is 0. The van der Waals surface area contributed by atoms with Crippen LogP contribution in [0.3, 0.4) is 0 Å². The summed E-state index contributed by atoms with van der Waals surface area (Å²) in [4.78, 5) is 12.4. The van der Waals surface area contributed by atoms with Crippen molar-refractivity contribution in [2.24, 2.45) is 0 Å². The van der Waals surface area contributed by atoms with Crippen LogP contribution in [-0.2, 0) is 14.6 Å². The van der Waals surface area contributed by atoms with E-state index in [1.807, 2.05) is 20.8 Å². The first-order valence-electron chi connectivity index (χ1n) is 5.65. The molecule has 0 saturated heterocycles. The van der Waals surface area contributed by atoms with Crippen molar-refractivity contribution >= 4 is 15.8 Å². The molecule has 0 spiro atoms. The predicted octanol–water partition coefficient (Wildman–Crippen LogP) is 0.995. The van der Waals surface area contributed by atoms with E-state index in [4.69, 9.17) is 5.11 Å². The van der Waals surface area contributed by atoms with Crippen LogP contribution in [0.2, 0.25) is 0 Å². The fourth-order valence-corrected chi connectivity index (χ4v) is 2.23. The van der Waals surface area contributed by atoms with E-state index < -0.39 is 21.1 Å². The van der Waals surface area contributed by atoms with Crippen molar-refractivity contribution in [2.45, 2.75) is 45.4 Å². The van der Waals surface area contributed by atoms with Crippen molar-refractivity contribution in [3.63, 3.8) is 0 Å². The van der Waals surface area contributed by atoms with E-state index in [0.29, 0.717) is 0 Å². The molecule has 0 atom stereocenters. The molecule has 0 heterocycles. The number of carboxylic acids is 1. The molecule has 0 aliphatic carbocycles. The minimum Gasteiger partial charge on any atom is -0.480 e. The maximum atomic E-state index is 11.7. The van der Waals surface area contributed by atoms with E-state index in [9.17, 15) is 13.2 Å². The topological polar surface area (TPSA) is 74.7 Å². The highest BCUT2D eigenvalue weighted by Crippen LogP contribution is 2.13. The van der Waals surface area contributed by atoms with Gasteiger partial charge in [-0.05, 0) is 34.6 Å². The molecule has 5 nitrogen and oxygen atoms in total. The minimum absolute atomic E-state index is 0.00475. The third-order valence-corrected chi connectivity index (χ3v) is 4.83. The third-order valence-electron chi connectivity index (χ3n) is 2.64. The zero-order valence-electron chi connectivity index (χ0n) is 11.2. The summed E-state index contributed by atoms with van der Waals surface area (Å²) < 4.78 is 23.3. The summed E-state index contributed by atoms with van der Waals surface area (Å²) in [6.07, 6.45) is 0. The van der Waals surface area contributed by atoms with E-state index >= 15 is 0 Å². The number of aliphatic carboxylic acids is 1. The van der Waals surface area contributed by atoms with Gasteiger partial charge in [0.1, 0.15) is 0 Å². The van der Waals surface area contributed by atoms with Crippen LogP contribution in [0, 0.1) is 0 Å². The molecular formula is C11H23NO4S. The zero-order valence-corrected chi connectivity index (χ0v) is 12.0. The van der Waals surface area contributed by atoms with Crippen LogP contribution in [0.5, 0.6) is 0 Å². The molecule has 0 aromatic heterocycles. The normalized spacial score (nSPS) is 13.4. The van der Waals surface area contributed by atoms with Gasteiger partial charge in [0.15, 0.2) is 9.84 Å². The first kappa shape index (κ1) is 16.4. The molecule has 0 saturated carbocycles. The van der Waals surface area contributed by atoms with Crippen LogP contribution in [-0.4, -0.2) is 54.0 Å². The van der Waals surface area contributed by atoms with Gasteiger partial charge in [-0.1, -0.05) is 0 Å². The van der Waals surface area contributed by atoms with Gasteiger partial charge in [-0.3, -0.25) is 9.69 Å². The Bertz CT molecular complexity index is 354. The summed E-state index contributed by atoms with van der Waals surface area (Å²) in [5.41, 5.74) is -0.356. The summed E-state index contributed by atoms with van der Waals surface area (Å²) in [7, 11) is -3.12. The summed E-state index contributed by atoms with van der Waals surface area (Å²) in [6.45, 7) is 8.99. The quantitative estimate of drug-likeness (QED) is 0.775. The molecule has 0 amide bonds. The Morgan fingerprint density at radius 3 is 2.06 bits per heavy atom. The van der Waals surface area contributed by atoms with Crippen LogP contribution in [0.15, 0.2) is 0 Å². The molecule has 0 aromatic rings. The van der Waals surface area contributed by atoms with Crippen LogP contribution in [0.25, 0.3) is 0 Å². The van der Waals surface area contributed by atoms with E-state index in [1.165, 1.54) is 0 Å². The molecule has 0 fully saturated rings. The molecule has 0 aromatic carbocycles. The molecule has 102 valence electrons. The number of hydrogen-bond donors (Lipinski definition) is 1. The van der Waals surface area contributed by atoms with Crippen LogP contribution in [0.1, 0.15) is 34.6 Å². The van der Waals surface area contributed by atoms with Crippen molar-refractivity contribution in [1.82, 2.24) is 4.90 Å². The van der Waals surface area contributed by atoms with Gasteiger partial charge in [-0.2, -0.15) is 0 Å². The monoisotopic (exact) mass is 265 g/mol. The fourth-order valence-electron chi connectivity index (χ4n) is 1.29. The molecule has 17 heavy (non-hydrogen) atoms. The molecule has 0 unspecified atom stereocenters. The second-order valence-electron chi connectivity index (χ2n) is 5.40. The van der Waals surface area contributed by atoms with Crippen molar-refractivity contribution in [1.29, 1.82) is 0 Å². The van der Waals surface area contributed by atoms with Gasteiger partial charge in [-0.25, -0.2) is 8.42 Å². The van der Waals surface area contributed by atoms with Gasteiger partial charge in [-0.15, -0.1) is 0 Å². The summed E-state index contributed by atoms with van der Waals surface area (Å²) in [5.74, 6) is -0.947. The predicted molar refractivity (Wildman–Crippen MR) is 67.9 cm³/mol. The highest BCUT2D eigenvalue weighted by Gasteiger charge is 2.26. The molecule has 0 aliphatic rings. The van der Waals surface area contributed by atoms with E-state index in [-0.39, 0.29) is 24.4 Å². The van der Waals surface area contributed by atoms with Gasteiger partial charge < -0.3 is 5.11 Å². The second-order valence-corrected chi connectivity index (χ2v) is 8.08. The highest BCUT2D eigenvalue weighted by atomic mass is 32.2. The molecule has 0 rings (SSSR count). The van der Waals surface area contributed by atoms with Gasteiger partial charge in [0.05, 0.1) is 17.5 Å². The molecule has 0 bridgehead atoms. The lowest BCUT2D eigenvalue weighted by Gasteiger charge is -2.34. The van der Waals surface area contributed by atoms with Gasteiger partial charge in [0.2, 0.25) is 0 Å². The Kier molecular flexibility index (Phi) is 5.61. The largest absolute Gasteiger partial charge is 0.480 e. The van der Waals surface area contributed by atoms with Crippen molar-refractivity contribution in [3.05, 3.63) is 0 Å². The van der Waals surface area contributed by atoms with Crippen LogP contribution < -0.4 is 0 Å². The number of carboxylic acid groups (broad SMARTS) is 1. The molecule has 0 aliphatic heterocycles. The first-order chi connectivity index (χ1) is 7.47. The molecule has 0 radical (unpaired) electrons. The first-order valence-corrected chi connectivity index (χ1v) is 7.37. The Morgan fingerprint density at radius 2 is 1.76 bits per heavy atom. The van der Waals surface area contributed by atoms with Crippen LogP contribution >= 0.6 is 0 Å². The van der Waals surface area contributed by atoms with Gasteiger partial charge in [0.25, 0.3) is 0 Å². The Hall–Kier alpha value is -0.620. The van der Waals surface area contributed by atoms with Gasteiger partial charge >= 0.3 is 5.97 Å². The van der Waals surface area contributed by atoms with Crippen molar-refractivity contribution in [2.75, 3.05) is 18.8 Å². The van der Waals surface area contributed by atoms with Crippen molar-refractivity contribution < 1.29 is 18.3 Å². The third kappa shape index (κ3) is 6.02. The number of rotatable bonds is 6. The summed E-state index contributed by atoms with van der Waals surface area (Å²) in [5, 5.41) is 8.37. The average Bonchev–Trinajstić information content (AvgIpc) is 2.09. The standard InChI is InChI=1S/C11H23NO4S/c1-9(2)17(15,16)7-6-12(8-10(13)14)11(3,4)5/h9H,6-8H2,1-5H3,(H,13,14). The number of sulfone groups is 1.